The molecule has 0 bridgehead atoms. The fourth-order valence-corrected chi connectivity index (χ4v) is 7.21. The van der Waals surface area contributed by atoms with Crippen molar-refractivity contribution < 1.29 is 23.9 Å². The lowest BCUT2D eigenvalue weighted by Crippen LogP contribution is -2.04. The van der Waals surface area contributed by atoms with Gasteiger partial charge in [-0.1, -0.05) is 48.5 Å². The molecule has 2 heterocycles. The third-order valence-corrected chi connectivity index (χ3v) is 10.3. The zero-order chi connectivity index (χ0) is 43.4. The third kappa shape index (κ3) is 10.1. The molecule has 6 aromatic carbocycles. The van der Waals surface area contributed by atoms with Crippen LogP contribution in [0.4, 0.5) is 11.4 Å². The summed E-state index contributed by atoms with van der Waals surface area (Å²) in [5, 5.41) is 31.9. The first kappa shape index (κ1) is 42.2. The van der Waals surface area contributed by atoms with Gasteiger partial charge in [-0.05, 0) is 95.1 Å². The maximum atomic E-state index is 11.2. The Balaban J connectivity index is 0.000000187. The highest BCUT2D eigenvalue weighted by Crippen LogP contribution is 2.35. The Bertz CT molecular complexity index is 2900. The smallest absolute Gasteiger partial charge is 0.270 e. The van der Waals surface area contributed by atoms with E-state index in [4.69, 9.17) is 24.7 Å². The average Bonchev–Trinajstić information content (AvgIpc) is 3.85. The zero-order valence-electron chi connectivity index (χ0n) is 34.4. The molecular weight excluding hydrogens is 781 g/mol. The van der Waals surface area contributed by atoms with Crippen molar-refractivity contribution in [1.82, 2.24) is 9.13 Å². The number of aromatic nitrogens is 2. The van der Waals surface area contributed by atoms with E-state index >= 15 is 0 Å². The lowest BCUT2D eigenvalue weighted by molar-refractivity contribution is -0.384. The van der Waals surface area contributed by atoms with E-state index < -0.39 is 4.92 Å². The van der Waals surface area contributed by atoms with E-state index in [1.807, 2.05) is 103 Å². The molecule has 12 nitrogen and oxygen atoms in total. The summed E-state index contributed by atoms with van der Waals surface area (Å²) < 4.78 is 25.6. The van der Waals surface area contributed by atoms with Crippen molar-refractivity contribution >= 4 is 33.2 Å². The highest BCUT2D eigenvalue weighted by molar-refractivity contribution is 5.98. The molecule has 0 amide bonds. The van der Waals surface area contributed by atoms with Crippen LogP contribution >= 0.6 is 0 Å². The van der Waals surface area contributed by atoms with Gasteiger partial charge in [-0.3, -0.25) is 10.1 Å². The molecule has 0 saturated carbocycles. The van der Waals surface area contributed by atoms with Crippen LogP contribution < -0.4 is 15.2 Å². The summed E-state index contributed by atoms with van der Waals surface area (Å²) in [5.41, 5.74) is 15.9. The summed E-state index contributed by atoms with van der Waals surface area (Å²) in [5.74, 6) is 1.60. The Morgan fingerprint density at radius 2 is 1.06 bits per heavy atom. The van der Waals surface area contributed by atoms with Gasteiger partial charge in [0.15, 0.2) is 0 Å². The second-order valence-electron chi connectivity index (χ2n) is 14.4. The summed E-state index contributed by atoms with van der Waals surface area (Å²) in [6, 6.07) is 46.1. The van der Waals surface area contributed by atoms with Gasteiger partial charge in [-0.25, -0.2) is 0 Å². The minimum atomic E-state index is -0.403. The van der Waals surface area contributed by atoms with Crippen molar-refractivity contribution in [2.75, 3.05) is 46.4 Å². The first-order valence-electron chi connectivity index (χ1n) is 19.8. The van der Waals surface area contributed by atoms with Crippen molar-refractivity contribution in [2.45, 2.75) is 13.1 Å². The number of hydrogen-bond acceptors (Lipinski definition) is 9. The molecule has 0 unspecified atom stereocenters. The number of nitro groups is 1. The van der Waals surface area contributed by atoms with Gasteiger partial charge in [0.1, 0.15) is 24.7 Å². The quantitative estimate of drug-likeness (QED) is 0.0459. The van der Waals surface area contributed by atoms with Crippen LogP contribution in [0.5, 0.6) is 11.5 Å². The molecular formula is C50H44N6O6. The summed E-state index contributed by atoms with van der Waals surface area (Å²) in [4.78, 5) is 10.8. The van der Waals surface area contributed by atoms with Crippen LogP contribution in [-0.4, -0.2) is 54.7 Å². The van der Waals surface area contributed by atoms with Crippen molar-refractivity contribution in [1.29, 1.82) is 10.5 Å². The molecule has 0 fully saturated rings. The maximum absolute atomic E-state index is 11.2. The third-order valence-electron chi connectivity index (χ3n) is 10.3. The zero-order valence-corrected chi connectivity index (χ0v) is 34.4. The number of fused-ring (bicyclic) bond motifs is 2. The molecule has 0 atom stereocenters. The summed E-state index contributed by atoms with van der Waals surface area (Å²) in [7, 11) is 3.29. The fourth-order valence-electron chi connectivity index (χ4n) is 7.21. The highest BCUT2D eigenvalue weighted by Gasteiger charge is 2.16. The number of rotatable bonds is 15. The predicted molar refractivity (Wildman–Crippen MR) is 241 cm³/mol. The number of benzene rings is 6. The Labute approximate surface area is 359 Å². The van der Waals surface area contributed by atoms with E-state index in [9.17, 15) is 20.6 Å². The fraction of sp³-hybridized carbons (Fsp3) is 0.160. The molecule has 8 rings (SSSR count). The molecule has 0 aliphatic carbocycles. The van der Waals surface area contributed by atoms with Crippen LogP contribution in [0, 0.1) is 32.8 Å². The van der Waals surface area contributed by atoms with E-state index in [-0.39, 0.29) is 5.69 Å². The minimum Gasteiger partial charge on any atom is -0.491 e. The average molecular weight is 825 g/mol. The van der Waals surface area contributed by atoms with E-state index in [0.29, 0.717) is 56.3 Å². The van der Waals surface area contributed by atoms with E-state index in [1.165, 1.54) is 6.07 Å². The van der Waals surface area contributed by atoms with Gasteiger partial charge in [-0.2, -0.15) is 10.5 Å². The van der Waals surface area contributed by atoms with Crippen LogP contribution in [0.3, 0.4) is 0 Å². The molecule has 0 radical (unpaired) electrons. The highest BCUT2D eigenvalue weighted by atomic mass is 16.6. The maximum Gasteiger partial charge on any atom is 0.270 e. The summed E-state index contributed by atoms with van der Waals surface area (Å²) >= 11 is 0. The van der Waals surface area contributed by atoms with Gasteiger partial charge < -0.3 is 33.8 Å². The normalized spacial score (nSPS) is 10.8. The van der Waals surface area contributed by atoms with E-state index in [2.05, 4.69) is 39.6 Å². The standard InChI is InChI=1S/C25H21N3O4.C25H23N3O2/c1-31-11-12-32-22-8-5-18(6-9-22)16-27-17-24(20-3-2-4-21(14-20)28(29)30)23-13-19(15-26)7-10-25(23)27;1-29-11-12-30-22-8-5-18(6-9-22)16-28-17-24(20-3-2-4-21(27)14-20)23-13-19(15-26)7-10-25(23)28/h2-10,13-14,17H,11-12,16H2,1H3;2-10,13-14,17H,11-12,16,27H2,1H3. The van der Waals surface area contributed by atoms with E-state index in [1.54, 1.807) is 32.4 Å². The van der Waals surface area contributed by atoms with Gasteiger partial charge in [0.25, 0.3) is 5.69 Å². The molecule has 2 aromatic heterocycles. The number of anilines is 1. The lowest BCUT2D eigenvalue weighted by Gasteiger charge is -2.08. The van der Waals surface area contributed by atoms with Crippen LogP contribution in [0.2, 0.25) is 0 Å². The molecule has 0 aliphatic heterocycles. The van der Waals surface area contributed by atoms with Gasteiger partial charge in [0.2, 0.25) is 0 Å². The van der Waals surface area contributed by atoms with Crippen LogP contribution in [0.1, 0.15) is 22.3 Å². The number of nitrogens with two attached hydrogens (primary N) is 1. The first-order chi connectivity index (χ1) is 30.3. The Kier molecular flexibility index (Phi) is 13.6. The Hall–Kier alpha value is -7.90. The molecule has 12 heteroatoms. The lowest BCUT2D eigenvalue weighted by atomic mass is 10.0. The Morgan fingerprint density at radius 1 is 0.597 bits per heavy atom. The van der Waals surface area contributed by atoms with Crippen molar-refractivity contribution in [3.8, 4) is 45.9 Å². The first-order valence-corrected chi connectivity index (χ1v) is 19.8. The predicted octanol–water partition coefficient (Wildman–Crippen LogP) is 10.00. The second-order valence-corrected chi connectivity index (χ2v) is 14.4. The van der Waals surface area contributed by atoms with E-state index in [0.717, 1.165) is 66.7 Å². The molecule has 0 saturated heterocycles. The van der Waals surface area contributed by atoms with Crippen molar-refractivity contribution in [3.63, 3.8) is 0 Å². The number of methoxy groups -OCH3 is 2. The van der Waals surface area contributed by atoms with Crippen LogP contribution in [0.15, 0.2) is 146 Å². The van der Waals surface area contributed by atoms with Crippen molar-refractivity contribution in [2.24, 2.45) is 0 Å². The van der Waals surface area contributed by atoms with Gasteiger partial charge in [0, 0.05) is 90.5 Å². The number of nitriles is 2. The molecule has 0 aliphatic rings. The summed E-state index contributed by atoms with van der Waals surface area (Å²) in [6.07, 6.45) is 4.11. The summed E-state index contributed by atoms with van der Waals surface area (Å²) in [6.45, 7) is 3.43. The molecule has 310 valence electrons. The number of nitro benzene ring substituents is 1. The van der Waals surface area contributed by atoms with Gasteiger partial charge >= 0.3 is 0 Å². The van der Waals surface area contributed by atoms with Crippen LogP contribution in [0.25, 0.3) is 44.1 Å². The number of hydrogen-bond donors (Lipinski definition) is 1. The topological polar surface area (TPSA) is 164 Å². The number of non-ortho nitro benzene ring substituents is 1. The number of nitrogen functional groups attached to an aromatic ring is 1. The monoisotopic (exact) mass is 824 g/mol. The number of nitrogens with zero attached hydrogens (tertiary/aromatic N) is 5. The number of ether oxygens (including phenoxy) is 4. The molecule has 2 N–H and O–H groups in total. The SMILES string of the molecule is COCCOc1ccc(Cn2cc(-c3cccc(N)c3)c3cc(C#N)ccc32)cc1.COCCOc1ccc(Cn2cc(-c3cccc([N+](=O)[O-])c3)c3cc(C#N)ccc32)cc1. The molecule has 0 spiro atoms. The van der Waals surface area contributed by atoms with Crippen molar-refractivity contribution in [3.05, 3.63) is 178 Å². The minimum absolute atomic E-state index is 0.0314. The Morgan fingerprint density at radius 3 is 1.50 bits per heavy atom. The molecule has 8 aromatic rings. The van der Waals surface area contributed by atoms with Crippen LogP contribution in [-0.2, 0) is 22.6 Å². The van der Waals surface area contributed by atoms with Gasteiger partial charge in [-0.15, -0.1) is 0 Å². The second kappa shape index (κ2) is 19.9. The molecule has 62 heavy (non-hydrogen) atoms. The van der Waals surface area contributed by atoms with Gasteiger partial charge in [0.05, 0.1) is 41.4 Å². The largest absolute Gasteiger partial charge is 0.491 e.